The van der Waals surface area contributed by atoms with E-state index in [1.165, 1.54) is 29.2 Å². The van der Waals surface area contributed by atoms with Gasteiger partial charge in [-0.3, -0.25) is 9.36 Å². The molecule has 0 aliphatic heterocycles. The fourth-order valence-electron chi connectivity index (χ4n) is 3.60. The Morgan fingerprint density at radius 3 is 2.48 bits per heavy atom. The Bertz CT molecular complexity index is 1440. The fraction of sp³-hybridized carbons (Fsp3) is 0.130. The number of aromatic nitrogens is 5. The van der Waals surface area contributed by atoms with Crippen molar-refractivity contribution >= 4 is 11.0 Å². The standard InChI is InChI=1S/C23H18FN5O2/c1-14-7-15(2)9-18(8-14)29-22-19(10-27-29)23(30)28(13-26-22)12-21-25-11-20(31-21)16-3-5-17(24)6-4-16/h3-11,13H,12H2,1-2H3. The lowest BCUT2D eigenvalue weighted by Crippen LogP contribution is -2.21. The van der Waals surface area contributed by atoms with E-state index in [1.54, 1.807) is 23.0 Å². The Hall–Kier alpha value is -4.07. The van der Waals surface area contributed by atoms with Gasteiger partial charge in [0.25, 0.3) is 5.56 Å². The molecule has 8 heteroatoms. The van der Waals surface area contributed by atoms with E-state index < -0.39 is 0 Å². The summed E-state index contributed by atoms with van der Waals surface area (Å²) < 4.78 is 22.0. The lowest BCUT2D eigenvalue weighted by molar-refractivity contribution is 0.484. The average Bonchev–Trinajstić information content (AvgIpc) is 3.37. The van der Waals surface area contributed by atoms with Gasteiger partial charge in [-0.25, -0.2) is 19.0 Å². The number of hydrogen-bond acceptors (Lipinski definition) is 5. The van der Waals surface area contributed by atoms with E-state index in [2.05, 4.69) is 21.1 Å². The summed E-state index contributed by atoms with van der Waals surface area (Å²) >= 11 is 0. The maximum Gasteiger partial charge on any atom is 0.264 e. The van der Waals surface area contributed by atoms with Crippen molar-refractivity contribution in [3.05, 3.63) is 94.4 Å². The molecule has 0 atom stereocenters. The summed E-state index contributed by atoms with van der Waals surface area (Å²) in [6, 6.07) is 12.0. The van der Waals surface area contributed by atoms with Crippen LogP contribution in [0, 0.1) is 19.7 Å². The lowest BCUT2D eigenvalue weighted by atomic mass is 10.1. The van der Waals surface area contributed by atoms with Crippen LogP contribution in [0.2, 0.25) is 0 Å². The SMILES string of the molecule is Cc1cc(C)cc(-n2ncc3c(=O)n(Cc4ncc(-c5ccc(F)cc5)o4)cnc32)c1. The molecule has 0 N–H and O–H groups in total. The Morgan fingerprint density at radius 1 is 1.00 bits per heavy atom. The van der Waals surface area contributed by atoms with Crippen LogP contribution in [0.15, 0.2) is 70.4 Å². The predicted molar refractivity (Wildman–Crippen MR) is 114 cm³/mol. The summed E-state index contributed by atoms with van der Waals surface area (Å²) in [6.07, 6.45) is 4.54. The first kappa shape index (κ1) is 18.9. The van der Waals surface area contributed by atoms with Crippen molar-refractivity contribution in [2.24, 2.45) is 0 Å². The number of oxazole rings is 1. The summed E-state index contributed by atoms with van der Waals surface area (Å²) in [5.74, 6) is 0.528. The van der Waals surface area contributed by atoms with Gasteiger partial charge in [0.05, 0.1) is 18.1 Å². The van der Waals surface area contributed by atoms with Crippen LogP contribution < -0.4 is 5.56 Å². The summed E-state index contributed by atoms with van der Waals surface area (Å²) in [7, 11) is 0. The molecule has 0 amide bonds. The third-order valence-electron chi connectivity index (χ3n) is 4.99. The summed E-state index contributed by atoms with van der Waals surface area (Å²) in [4.78, 5) is 21.7. The molecule has 3 heterocycles. The lowest BCUT2D eigenvalue weighted by Gasteiger charge is -2.07. The van der Waals surface area contributed by atoms with Gasteiger partial charge in [0.1, 0.15) is 24.1 Å². The third-order valence-corrected chi connectivity index (χ3v) is 4.99. The highest BCUT2D eigenvalue weighted by Crippen LogP contribution is 2.21. The monoisotopic (exact) mass is 415 g/mol. The highest BCUT2D eigenvalue weighted by Gasteiger charge is 2.14. The number of nitrogens with zero attached hydrogens (tertiary/aromatic N) is 5. The summed E-state index contributed by atoms with van der Waals surface area (Å²) in [6.45, 7) is 4.15. The van der Waals surface area contributed by atoms with Crippen molar-refractivity contribution in [3.8, 4) is 17.0 Å². The van der Waals surface area contributed by atoms with E-state index in [0.29, 0.717) is 28.2 Å². The number of aryl methyl sites for hydroxylation is 2. The Labute approximate surface area is 176 Å². The number of rotatable bonds is 4. The molecule has 5 rings (SSSR count). The van der Waals surface area contributed by atoms with Crippen LogP contribution in [-0.4, -0.2) is 24.3 Å². The zero-order valence-corrected chi connectivity index (χ0v) is 16.9. The van der Waals surface area contributed by atoms with Crippen molar-refractivity contribution < 1.29 is 8.81 Å². The number of fused-ring (bicyclic) bond motifs is 1. The molecule has 7 nitrogen and oxygen atoms in total. The van der Waals surface area contributed by atoms with Crippen LogP contribution in [-0.2, 0) is 6.54 Å². The van der Waals surface area contributed by atoms with Gasteiger partial charge in [-0.05, 0) is 61.4 Å². The van der Waals surface area contributed by atoms with Gasteiger partial charge in [0, 0.05) is 5.56 Å². The van der Waals surface area contributed by atoms with Crippen LogP contribution in [0.4, 0.5) is 4.39 Å². The molecule has 0 fully saturated rings. The molecule has 0 saturated heterocycles. The highest BCUT2D eigenvalue weighted by molar-refractivity contribution is 5.75. The van der Waals surface area contributed by atoms with Gasteiger partial charge in [0.2, 0.25) is 5.89 Å². The number of hydrogen-bond donors (Lipinski definition) is 0. The fourth-order valence-corrected chi connectivity index (χ4v) is 3.60. The van der Waals surface area contributed by atoms with Gasteiger partial charge >= 0.3 is 0 Å². The molecule has 0 bridgehead atoms. The van der Waals surface area contributed by atoms with Crippen molar-refractivity contribution in [2.75, 3.05) is 0 Å². The highest BCUT2D eigenvalue weighted by atomic mass is 19.1. The molecule has 0 unspecified atom stereocenters. The van der Waals surface area contributed by atoms with E-state index in [4.69, 9.17) is 4.42 Å². The van der Waals surface area contributed by atoms with E-state index in [0.717, 1.165) is 16.8 Å². The zero-order valence-electron chi connectivity index (χ0n) is 16.9. The quantitative estimate of drug-likeness (QED) is 0.443. The smallest absolute Gasteiger partial charge is 0.264 e. The third kappa shape index (κ3) is 3.52. The molecule has 2 aromatic carbocycles. The molecule has 31 heavy (non-hydrogen) atoms. The number of halogens is 1. The molecule has 0 saturated carbocycles. The second-order valence-corrected chi connectivity index (χ2v) is 7.44. The van der Waals surface area contributed by atoms with Crippen LogP contribution in [0.3, 0.4) is 0 Å². The second-order valence-electron chi connectivity index (χ2n) is 7.44. The maximum absolute atomic E-state index is 13.1. The Morgan fingerprint density at radius 2 is 1.74 bits per heavy atom. The minimum atomic E-state index is -0.323. The topological polar surface area (TPSA) is 78.7 Å². The van der Waals surface area contributed by atoms with Gasteiger partial charge in [-0.15, -0.1) is 0 Å². The zero-order chi connectivity index (χ0) is 21.5. The average molecular weight is 415 g/mol. The number of benzene rings is 2. The molecule has 0 spiro atoms. The van der Waals surface area contributed by atoms with Crippen molar-refractivity contribution in [2.45, 2.75) is 20.4 Å². The molecule has 5 aromatic rings. The Balaban J connectivity index is 1.47. The molecule has 0 aliphatic rings. The molecular weight excluding hydrogens is 397 g/mol. The summed E-state index contributed by atoms with van der Waals surface area (Å²) in [5.41, 5.74) is 4.03. The first-order valence-corrected chi connectivity index (χ1v) is 9.70. The van der Waals surface area contributed by atoms with Crippen LogP contribution in [0.1, 0.15) is 17.0 Å². The molecule has 0 aliphatic carbocycles. The first-order chi connectivity index (χ1) is 15.0. The van der Waals surface area contributed by atoms with E-state index >= 15 is 0 Å². The summed E-state index contributed by atoms with van der Waals surface area (Å²) in [5, 5.41) is 4.79. The van der Waals surface area contributed by atoms with Gasteiger partial charge in [0.15, 0.2) is 11.4 Å². The van der Waals surface area contributed by atoms with Crippen molar-refractivity contribution in [1.29, 1.82) is 0 Å². The van der Waals surface area contributed by atoms with E-state index in [1.807, 2.05) is 26.0 Å². The van der Waals surface area contributed by atoms with Gasteiger partial charge < -0.3 is 4.42 Å². The molecule has 3 aromatic heterocycles. The van der Waals surface area contributed by atoms with Crippen LogP contribution >= 0.6 is 0 Å². The minimum absolute atomic E-state index is 0.123. The van der Waals surface area contributed by atoms with E-state index in [-0.39, 0.29) is 17.9 Å². The van der Waals surface area contributed by atoms with Crippen LogP contribution in [0.25, 0.3) is 28.0 Å². The molecule has 0 radical (unpaired) electrons. The first-order valence-electron chi connectivity index (χ1n) is 9.70. The van der Waals surface area contributed by atoms with Crippen molar-refractivity contribution in [1.82, 2.24) is 24.3 Å². The Kier molecular flexibility index (Phi) is 4.47. The van der Waals surface area contributed by atoms with E-state index in [9.17, 15) is 9.18 Å². The minimum Gasteiger partial charge on any atom is -0.439 e. The normalized spacial score (nSPS) is 11.3. The van der Waals surface area contributed by atoms with Crippen molar-refractivity contribution in [3.63, 3.8) is 0 Å². The molecular formula is C23H18FN5O2. The maximum atomic E-state index is 13.1. The largest absolute Gasteiger partial charge is 0.439 e. The van der Waals surface area contributed by atoms with Gasteiger partial charge in [-0.1, -0.05) is 6.07 Å². The van der Waals surface area contributed by atoms with Gasteiger partial charge in [-0.2, -0.15) is 5.10 Å². The molecule has 154 valence electrons. The second kappa shape index (κ2) is 7.32. The van der Waals surface area contributed by atoms with Crippen LogP contribution in [0.5, 0.6) is 0 Å². The predicted octanol–water partition coefficient (Wildman–Crippen LogP) is 4.04.